The van der Waals surface area contributed by atoms with Crippen molar-refractivity contribution in [1.29, 1.82) is 0 Å². The van der Waals surface area contributed by atoms with Crippen LogP contribution in [0.3, 0.4) is 0 Å². The van der Waals surface area contributed by atoms with Crippen molar-refractivity contribution in [2.24, 2.45) is 0 Å². The second-order valence-electron chi connectivity index (χ2n) is 5.63. The number of aromatic nitrogens is 2. The lowest BCUT2D eigenvalue weighted by atomic mass is 10.1. The lowest BCUT2D eigenvalue weighted by molar-refractivity contribution is 0.123. The van der Waals surface area contributed by atoms with Crippen molar-refractivity contribution in [3.8, 4) is 17.1 Å². The van der Waals surface area contributed by atoms with Crippen LogP contribution in [0.2, 0.25) is 0 Å². The molecule has 0 aliphatic heterocycles. The lowest BCUT2D eigenvalue weighted by Crippen LogP contribution is -2.02. The first-order chi connectivity index (χ1) is 11.3. The van der Waals surface area contributed by atoms with Crippen LogP contribution >= 0.6 is 0 Å². The summed E-state index contributed by atoms with van der Waals surface area (Å²) in [6.45, 7) is 6.59. The fraction of sp³-hybridized carbons (Fsp3) is 0.474. The molecule has 0 N–H and O–H groups in total. The zero-order valence-electron chi connectivity index (χ0n) is 14.1. The smallest absolute Gasteiger partial charge is 0.159 e. The molecule has 0 saturated carbocycles. The highest BCUT2D eigenvalue weighted by Gasteiger charge is 2.02. The number of hydrogen-bond acceptors (Lipinski definition) is 4. The number of unbranched alkanes of at least 4 members (excludes halogenated alkanes) is 2. The van der Waals surface area contributed by atoms with Gasteiger partial charge in [0.15, 0.2) is 11.6 Å². The van der Waals surface area contributed by atoms with Gasteiger partial charge in [0.25, 0.3) is 0 Å². The molecule has 0 unspecified atom stereocenters. The van der Waals surface area contributed by atoms with E-state index in [4.69, 9.17) is 9.47 Å². The van der Waals surface area contributed by atoms with Gasteiger partial charge in [-0.1, -0.05) is 43.2 Å². The van der Waals surface area contributed by atoms with E-state index in [1.54, 1.807) is 12.4 Å². The summed E-state index contributed by atoms with van der Waals surface area (Å²) < 4.78 is 11.2. The first kappa shape index (κ1) is 17.4. The Morgan fingerprint density at radius 1 is 0.870 bits per heavy atom. The minimum atomic E-state index is 0.671. The molecular weight excluding hydrogens is 288 g/mol. The number of nitrogens with zero attached hydrogens (tertiary/aromatic N) is 2. The van der Waals surface area contributed by atoms with E-state index in [2.05, 4.69) is 35.9 Å². The van der Waals surface area contributed by atoms with Gasteiger partial charge in [0.1, 0.15) is 0 Å². The second-order valence-corrected chi connectivity index (χ2v) is 5.63. The number of ether oxygens (including phenoxy) is 2. The van der Waals surface area contributed by atoms with Gasteiger partial charge in [-0.05, 0) is 26.2 Å². The molecule has 124 valence electrons. The third-order valence-corrected chi connectivity index (χ3v) is 3.53. The van der Waals surface area contributed by atoms with E-state index in [0.29, 0.717) is 12.4 Å². The van der Waals surface area contributed by atoms with Crippen LogP contribution in [0, 0.1) is 6.92 Å². The molecule has 0 spiro atoms. The van der Waals surface area contributed by atoms with Gasteiger partial charge in [0.2, 0.25) is 0 Å². The van der Waals surface area contributed by atoms with Crippen LogP contribution < -0.4 is 4.74 Å². The molecule has 2 aromatic rings. The van der Waals surface area contributed by atoms with Crippen molar-refractivity contribution in [2.45, 2.75) is 39.5 Å². The van der Waals surface area contributed by atoms with Gasteiger partial charge in [0, 0.05) is 18.8 Å². The molecule has 0 bridgehead atoms. The zero-order chi connectivity index (χ0) is 16.3. The Morgan fingerprint density at radius 2 is 1.52 bits per heavy atom. The highest BCUT2D eigenvalue weighted by atomic mass is 16.5. The van der Waals surface area contributed by atoms with E-state index in [1.165, 1.54) is 12.0 Å². The normalized spacial score (nSPS) is 10.7. The summed E-state index contributed by atoms with van der Waals surface area (Å²) in [5.74, 6) is 1.44. The zero-order valence-corrected chi connectivity index (χ0v) is 14.1. The molecule has 0 saturated heterocycles. The summed E-state index contributed by atoms with van der Waals surface area (Å²) in [5, 5.41) is 0. The predicted octanol–water partition coefficient (Wildman–Crippen LogP) is 4.43. The molecule has 23 heavy (non-hydrogen) atoms. The van der Waals surface area contributed by atoms with Crippen LogP contribution in [0.25, 0.3) is 11.4 Å². The topological polar surface area (TPSA) is 44.2 Å². The fourth-order valence-electron chi connectivity index (χ4n) is 2.09. The number of hydrogen-bond donors (Lipinski definition) is 0. The summed E-state index contributed by atoms with van der Waals surface area (Å²) in [6, 6.07) is 8.19. The molecule has 0 aliphatic carbocycles. The Hall–Kier alpha value is -1.94. The predicted molar refractivity (Wildman–Crippen MR) is 92.7 cm³/mol. The number of aryl methyl sites for hydroxylation is 1. The first-order valence-corrected chi connectivity index (χ1v) is 8.39. The number of rotatable bonds is 10. The van der Waals surface area contributed by atoms with E-state index in [0.717, 1.165) is 43.9 Å². The largest absolute Gasteiger partial charge is 0.490 e. The summed E-state index contributed by atoms with van der Waals surface area (Å²) in [5.41, 5.74) is 2.25. The van der Waals surface area contributed by atoms with Crippen molar-refractivity contribution in [2.75, 3.05) is 19.8 Å². The van der Waals surface area contributed by atoms with Crippen molar-refractivity contribution in [3.05, 3.63) is 42.2 Å². The molecule has 4 nitrogen and oxygen atoms in total. The molecule has 0 amide bonds. The van der Waals surface area contributed by atoms with E-state index in [9.17, 15) is 0 Å². The standard InChI is InChI=1S/C19H26N2O2/c1-3-4-11-22-12-5-6-13-23-18-14-20-19(21-15-18)17-9-7-16(2)8-10-17/h7-10,14-15H,3-6,11-13H2,1-2H3. The van der Waals surface area contributed by atoms with E-state index in [-0.39, 0.29) is 0 Å². The van der Waals surface area contributed by atoms with Gasteiger partial charge in [-0.15, -0.1) is 0 Å². The maximum Gasteiger partial charge on any atom is 0.159 e. The SMILES string of the molecule is CCCCOCCCCOc1cnc(-c2ccc(C)cc2)nc1. The van der Waals surface area contributed by atoms with Crippen molar-refractivity contribution < 1.29 is 9.47 Å². The summed E-state index contributed by atoms with van der Waals surface area (Å²) >= 11 is 0. The average Bonchev–Trinajstić information content (AvgIpc) is 2.59. The molecule has 1 aromatic heterocycles. The van der Waals surface area contributed by atoms with E-state index >= 15 is 0 Å². The summed E-state index contributed by atoms with van der Waals surface area (Å²) in [7, 11) is 0. The molecule has 1 aromatic carbocycles. The molecule has 4 heteroatoms. The van der Waals surface area contributed by atoms with Crippen LogP contribution in [0.1, 0.15) is 38.2 Å². The first-order valence-electron chi connectivity index (χ1n) is 8.39. The Bertz CT molecular complexity index is 553. The Morgan fingerprint density at radius 3 is 2.22 bits per heavy atom. The van der Waals surface area contributed by atoms with Crippen LogP contribution in [0.4, 0.5) is 0 Å². The Balaban J connectivity index is 1.68. The van der Waals surface area contributed by atoms with Gasteiger partial charge in [0.05, 0.1) is 19.0 Å². The fourth-order valence-corrected chi connectivity index (χ4v) is 2.09. The van der Waals surface area contributed by atoms with Crippen LogP contribution in [0.5, 0.6) is 5.75 Å². The molecule has 0 radical (unpaired) electrons. The van der Waals surface area contributed by atoms with Crippen molar-refractivity contribution in [1.82, 2.24) is 9.97 Å². The van der Waals surface area contributed by atoms with Crippen molar-refractivity contribution in [3.63, 3.8) is 0 Å². The maximum absolute atomic E-state index is 5.66. The van der Waals surface area contributed by atoms with Crippen LogP contribution in [-0.4, -0.2) is 29.8 Å². The molecule has 0 fully saturated rings. The molecular formula is C19H26N2O2. The number of benzene rings is 1. The summed E-state index contributed by atoms with van der Waals surface area (Å²) in [6.07, 6.45) is 7.79. The maximum atomic E-state index is 5.66. The lowest BCUT2D eigenvalue weighted by Gasteiger charge is -2.07. The quantitative estimate of drug-likeness (QED) is 0.609. The van der Waals surface area contributed by atoms with Gasteiger partial charge in [-0.2, -0.15) is 0 Å². The molecule has 0 atom stereocenters. The Labute approximate surface area is 138 Å². The van der Waals surface area contributed by atoms with Gasteiger partial charge < -0.3 is 9.47 Å². The highest BCUT2D eigenvalue weighted by molar-refractivity contribution is 5.55. The van der Waals surface area contributed by atoms with Crippen LogP contribution in [0.15, 0.2) is 36.7 Å². The van der Waals surface area contributed by atoms with Crippen molar-refractivity contribution >= 4 is 0 Å². The third-order valence-electron chi connectivity index (χ3n) is 3.53. The van der Waals surface area contributed by atoms with Gasteiger partial charge in [-0.25, -0.2) is 9.97 Å². The van der Waals surface area contributed by atoms with E-state index in [1.807, 2.05) is 12.1 Å². The summed E-state index contributed by atoms with van der Waals surface area (Å²) in [4.78, 5) is 8.73. The highest BCUT2D eigenvalue weighted by Crippen LogP contribution is 2.17. The Kier molecular flexibility index (Phi) is 7.54. The van der Waals surface area contributed by atoms with Gasteiger partial charge >= 0.3 is 0 Å². The average molecular weight is 314 g/mol. The molecule has 0 aliphatic rings. The van der Waals surface area contributed by atoms with Crippen LogP contribution in [-0.2, 0) is 4.74 Å². The second kappa shape index (κ2) is 9.95. The van der Waals surface area contributed by atoms with E-state index < -0.39 is 0 Å². The third kappa shape index (κ3) is 6.37. The molecule has 2 rings (SSSR count). The minimum absolute atomic E-state index is 0.671. The van der Waals surface area contributed by atoms with Gasteiger partial charge in [-0.3, -0.25) is 0 Å². The monoisotopic (exact) mass is 314 g/mol. The molecule has 1 heterocycles. The minimum Gasteiger partial charge on any atom is -0.490 e.